The van der Waals surface area contributed by atoms with Crippen LogP contribution in [0.25, 0.3) is 11.4 Å². The predicted octanol–water partition coefficient (Wildman–Crippen LogP) is 2.75. The maximum Gasteiger partial charge on any atom is 0.353 e. The molecule has 130 valence electrons. The number of hydrogen-bond donors (Lipinski definition) is 0. The maximum absolute atomic E-state index is 12.9. The van der Waals surface area contributed by atoms with Crippen LogP contribution in [0.5, 0.6) is 0 Å². The molecule has 3 heterocycles. The van der Waals surface area contributed by atoms with E-state index in [1.165, 1.54) is 4.57 Å². The number of aromatic nitrogens is 4. The molecule has 2 aliphatic rings. The molecule has 0 N–H and O–H groups in total. The van der Waals surface area contributed by atoms with Crippen LogP contribution >= 0.6 is 11.6 Å². The Kier molecular flexibility index (Phi) is 4.47. The SMILES string of the molecule is CCC(C)(C)n1c(=O)nc2n(Cc3ccc(Cl)nc3)cccc-2c1=O. The lowest BCUT2D eigenvalue weighted by molar-refractivity contribution is 0.317. The average molecular weight is 359 g/mol. The fourth-order valence-corrected chi connectivity index (χ4v) is 2.81. The van der Waals surface area contributed by atoms with E-state index in [-0.39, 0.29) is 5.56 Å². The number of rotatable bonds is 4. The minimum Gasteiger partial charge on any atom is -0.328 e. The summed E-state index contributed by atoms with van der Waals surface area (Å²) in [6.07, 6.45) is 4.10. The van der Waals surface area contributed by atoms with E-state index in [1.807, 2.05) is 26.8 Å². The van der Waals surface area contributed by atoms with Crippen molar-refractivity contribution in [2.75, 3.05) is 0 Å². The van der Waals surface area contributed by atoms with E-state index in [9.17, 15) is 9.59 Å². The van der Waals surface area contributed by atoms with Gasteiger partial charge in [-0.1, -0.05) is 24.6 Å². The van der Waals surface area contributed by atoms with Crippen LogP contribution in [0.1, 0.15) is 32.8 Å². The van der Waals surface area contributed by atoms with E-state index in [4.69, 9.17) is 11.6 Å². The third-order valence-corrected chi connectivity index (χ3v) is 4.70. The maximum atomic E-state index is 12.9. The van der Waals surface area contributed by atoms with Crippen molar-refractivity contribution in [3.05, 3.63) is 68.2 Å². The molecule has 0 atom stereocenters. The van der Waals surface area contributed by atoms with Crippen LogP contribution in [-0.2, 0) is 12.1 Å². The van der Waals surface area contributed by atoms with E-state index in [1.54, 1.807) is 35.2 Å². The zero-order valence-electron chi connectivity index (χ0n) is 14.4. The monoisotopic (exact) mass is 358 g/mol. The molecular formula is C18H19ClN4O2. The summed E-state index contributed by atoms with van der Waals surface area (Å²) in [6, 6.07) is 7.03. The van der Waals surface area contributed by atoms with Crippen LogP contribution in [0.4, 0.5) is 0 Å². The summed E-state index contributed by atoms with van der Waals surface area (Å²) in [6.45, 7) is 6.10. The highest BCUT2D eigenvalue weighted by atomic mass is 35.5. The molecule has 1 aromatic rings. The first-order chi connectivity index (χ1) is 11.8. The molecule has 3 rings (SSSR count). The summed E-state index contributed by atoms with van der Waals surface area (Å²) in [7, 11) is 0. The number of pyridine rings is 2. The van der Waals surface area contributed by atoms with Crippen LogP contribution in [-0.4, -0.2) is 19.1 Å². The van der Waals surface area contributed by atoms with Crippen LogP contribution in [0.2, 0.25) is 5.15 Å². The Bertz CT molecular complexity index is 989. The van der Waals surface area contributed by atoms with Crippen molar-refractivity contribution in [2.45, 2.75) is 39.3 Å². The Hall–Kier alpha value is -2.47. The molecule has 25 heavy (non-hydrogen) atoms. The summed E-state index contributed by atoms with van der Waals surface area (Å²) >= 11 is 5.81. The Morgan fingerprint density at radius 1 is 1.20 bits per heavy atom. The molecule has 6 nitrogen and oxygen atoms in total. The molecule has 0 aliphatic carbocycles. The lowest BCUT2D eigenvalue weighted by atomic mass is 10.0. The van der Waals surface area contributed by atoms with Gasteiger partial charge < -0.3 is 4.57 Å². The van der Waals surface area contributed by atoms with Gasteiger partial charge in [0, 0.05) is 17.9 Å². The normalized spacial score (nSPS) is 11.8. The van der Waals surface area contributed by atoms with Gasteiger partial charge in [-0.25, -0.2) is 9.78 Å². The first kappa shape index (κ1) is 17.4. The second-order valence-corrected chi connectivity index (χ2v) is 6.95. The Balaban J connectivity index is 2.16. The third-order valence-electron chi connectivity index (χ3n) is 4.48. The van der Waals surface area contributed by atoms with Crippen molar-refractivity contribution in [3.63, 3.8) is 0 Å². The van der Waals surface area contributed by atoms with Gasteiger partial charge in [0.1, 0.15) is 5.15 Å². The molecule has 0 fully saturated rings. The van der Waals surface area contributed by atoms with Crippen LogP contribution < -0.4 is 11.2 Å². The van der Waals surface area contributed by atoms with Crippen molar-refractivity contribution >= 4 is 11.6 Å². The zero-order chi connectivity index (χ0) is 18.2. The molecule has 1 aromatic heterocycles. The number of halogens is 1. The van der Waals surface area contributed by atoms with Gasteiger partial charge in [0.25, 0.3) is 5.56 Å². The second kappa shape index (κ2) is 6.44. The molecule has 0 saturated heterocycles. The Labute approximate surface area is 150 Å². The molecule has 0 unspecified atom stereocenters. The summed E-state index contributed by atoms with van der Waals surface area (Å²) in [5, 5.41) is 0.413. The molecule has 7 heteroatoms. The average Bonchev–Trinajstić information content (AvgIpc) is 2.57. The van der Waals surface area contributed by atoms with Gasteiger partial charge in [0.05, 0.1) is 12.1 Å². The van der Waals surface area contributed by atoms with E-state index < -0.39 is 11.2 Å². The van der Waals surface area contributed by atoms with Crippen molar-refractivity contribution in [2.24, 2.45) is 0 Å². The van der Waals surface area contributed by atoms with Gasteiger partial charge in [-0.3, -0.25) is 9.36 Å². The quantitative estimate of drug-likeness (QED) is 0.672. The summed E-state index contributed by atoms with van der Waals surface area (Å²) in [5.74, 6) is 0.371. The van der Waals surface area contributed by atoms with Crippen LogP contribution in [0.3, 0.4) is 0 Å². The molecule has 2 aliphatic heterocycles. The topological polar surface area (TPSA) is 69.8 Å². The van der Waals surface area contributed by atoms with Gasteiger partial charge >= 0.3 is 5.69 Å². The fourth-order valence-electron chi connectivity index (χ4n) is 2.70. The Morgan fingerprint density at radius 3 is 2.60 bits per heavy atom. The second-order valence-electron chi connectivity index (χ2n) is 6.56. The molecule has 0 bridgehead atoms. The number of hydrogen-bond acceptors (Lipinski definition) is 4. The standard InChI is InChI=1S/C18H19ClN4O2/c1-4-18(2,3)23-16(24)13-6-5-9-22(15(13)21-17(23)25)11-12-7-8-14(19)20-10-12/h5-10H,4,11H2,1-3H3. The molecule has 0 radical (unpaired) electrons. The first-order valence-electron chi connectivity index (χ1n) is 8.06. The lowest BCUT2D eigenvalue weighted by Gasteiger charge is -2.26. The van der Waals surface area contributed by atoms with E-state index in [0.29, 0.717) is 29.5 Å². The first-order valence-corrected chi connectivity index (χ1v) is 8.44. The summed E-state index contributed by atoms with van der Waals surface area (Å²) < 4.78 is 3.01. The largest absolute Gasteiger partial charge is 0.353 e. The molecular weight excluding hydrogens is 340 g/mol. The van der Waals surface area contributed by atoms with Gasteiger partial charge in [-0.05, 0) is 44.0 Å². The number of nitrogens with zero attached hydrogens (tertiary/aromatic N) is 4. The van der Waals surface area contributed by atoms with Crippen LogP contribution in [0.15, 0.2) is 46.2 Å². The van der Waals surface area contributed by atoms with E-state index >= 15 is 0 Å². The van der Waals surface area contributed by atoms with Gasteiger partial charge in [-0.15, -0.1) is 0 Å². The van der Waals surface area contributed by atoms with E-state index in [0.717, 1.165) is 5.56 Å². The van der Waals surface area contributed by atoms with Crippen molar-refractivity contribution < 1.29 is 0 Å². The molecule has 0 saturated carbocycles. The van der Waals surface area contributed by atoms with Gasteiger partial charge in [-0.2, -0.15) is 4.98 Å². The highest BCUT2D eigenvalue weighted by Gasteiger charge is 2.26. The minimum atomic E-state index is -0.587. The Morgan fingerprint density at radius 2 is 1.96 bits per heavy atom. The lowest BCUT2D eigenvalue weighted by Crippen LogP contribution is -2.47. The summed E-state index contributed by atoms with van der Waals surface area (Å²) in [5.41, 5.74) is -0.112. The minimum absolute atomic E-state index is 0.314. The highest BCUT2D eigenvalue weighted by Crippen LogP contribution is 2.19. The predicted molar refractivity (Wildman–Crippen MR) is 97.3 cm³/mol. The number of fused-ring (bicyclic) bond motifs is 1. The van der Waals surface area contributed by atoms with Crippen LogP contribution in [0, 0.1) is 0 Å². The zero-order valence-corrected chi connectivity index (χ0v) is 15.1. The summed E-state index contributed by atoms with van der Waals surface area (Å²) in [4.78, 5) is 33.6. The van der Waals surface area contributed by atoms with Crippen molar-refractivity contribution in [1.29, 1.82) is 0 Å². The van der Waals surface area contributed by atoms with E-state index in [2.05, 4.69) is 9.97 Å². The third kappa shape index (κ3) is 3.22. The van der Waals surface area contributed by atoms with Gasteiger partial charge in [0.2, 0.25) is 0 Å². The van der Waals surface area contributed by atoms with Crippen molar-refractivity contribution in [1.82, 2.24) is 19.1 Å². The molecule has 0 amide bonds. The molecule has 0 aromatic carbocycles. The molecule has 0 spiro atoms. The van der Waals surface area contributed by atoms with Gasteiger partial charge in [0.15, 0.2) is 5.82 Å². The highest BCUT2D eigenvalue weighted by molar-refractivity contribution is 6.29. The fraction of sp³-hybridized carbons (Fsp3) is 0.333. The van der Waals surface area contributed by atoms with Crippen molar-refractivity contribution in [3.8, 4) is 11.4 Å². The smallest absolute Gasteiger partial charge is 0.328 e.